The first kappa shape index (κ1) is 21.1. The van der Waals surface area contributed by atoms with Crippen LogP contribution in [0.25, 0.3) is 0 Å². The number of hydrogen-bond donors (Lipinski definition) is 2. The number of carbonyl (C=O) groups is 1. The normalized spacial score (nSPS) is 12.2. The van der Waals surface area contributed by atoms with Gasteiger partial charge in [0.1, 0.15) is 0 Å². The van der Waals surface area contributed by atoms with Gasteiger partial charge in [0.2, 0.25) is 15.9 Å². The maximum Gasteiger partial charge on any atom is 0.230 e. The molecule has 0 aliphatic carbocycles. The second kappa shape index (κ2) is 8.67. The standard InChI is InChI=1S/C21H28N2O3S/c1-16(2)23-27(25,26)15-18-12-10-17(11-13-18)14-22-20(24)21(3,4)19-8-6-5-7-9-19/h5-13,16,23H,14-15H2,1-4H3,(H,22,24). The number of carbonyl (C=O) groups excluding carboxylic acids is 1. The molecule has 2 N–H and O–H groups in total. The molecule has 2 rings (SSSR count). The molecule has 0 saturated carbocycles. The minimum Gasteiger partial charge on any atom is -0.351 e. The van der Waals surface area contributed by atoms with Crippen LogP contribution in [0.5, 0.6) is 0 Å². The molecule has 0 atom stereocenters. The average Bonchev–Trinajstić information content (AvgIpc) is 2.60. The van der Waals surface area contributed by atoms with Gasteiger partial charge < -0.3 is 5.32 Å². The van der Waals surface area contributed by atoms with Crippen LogP contribution in [0.4, 0.5) is 0 Å². The van der Waals surface area contributed by atoms with Crippen molar-refractivity contribution in [1.29, 1.82) is 0 Å². The summed E-state index contributed by atoms with van der Waals surface area (Å²) in [4.78, 5) is 12.6. The van der Waals surface area contributed by atoms with Crippen molar-refractivity contribution in [2.75, 3.05) is 0 Å². The van der Waals surface area contributed by atoms with E-state index in [-0.39, 0.29) is 17.7 Å². The SMILES string of the molecule is CC(C)NS(=O)(=O)Cc1ccc(CNC(=O)C(C)(C)c2ccccc2)cc1. The van der Waals surface area contributed by atoms with Gasteiger partial charge in [-0.25, -0.2) is 13.1 Å². The highest BCUT2D eigenvalue weighted by atomic mass is 32.2. The van der Waals surface area contributed by atoms with Crippen LogP contribution in [0.2, 0.25) is 0 Å². The topological polar surface area (TPSA) is 75.3 Å². The van der Waals surface area contributed by atoms with E-state index < -0.39 is 15.4 Å². The zero-order valence-corrected chi connectivity index (χ0v) is 17.1. The third kappa shape index (κ3) is 6.19. The zero-order valence-electron chi connectivity index (χ0n) is 16.3. The van der Waals surface area contributed by atoms with E-state index in [0.717, 1.165) is 11.1 Å². The summed E-state index contributed by atoms with van der Waals surface area (Å²) < 4.78 is 26.5. The van der Waals surface area contributed by atoms with Crippen molar-refractivity contribution in [1.82, 2.24) is 10.0 Å². The Kier molecular flexibility index (Phi) is 6.78. The molecule has 27 heavy (non-hydrogen) atoms. The maximum atomic E-state index is 12.6. The molecule has 0 fully saturated rings. The Labute approximate surface area is 162 Å². The fourth-order valence-corrected chi connectivity index (χ4v) is 4.20. The van der Waals surface area contributed by atoms with Crippen LogP contribution in [0, 0.1) is 0 Å². The van der Waals surface area contributed by atoms with Gasteiger partial charge in [-0.3, -0.25) is 4.79 Å². The molecule has 0 aliphatic heterocycles. The molecule has 146 valence electrons. The first-order valence-corrected chi connectivity index (χ1v) is 10.7. The second-order valence-corrected chi connectivity index (χ2v) is 9.28. The molecule has 0 bridgehead atoms. The largest absolute Gasteiger partial charge is 0.351 e. The smallest absolute Gasteiger partial charge is 0.230 e. The van der Waals surface area contributed by atoms with Gasteiger partial charge in [-0.1, -0.05) is 54.6 Å². The van der Waals surface area contributed by atoms with E-state index in [9.17, 15) is 13.2 Å². The van der Waals surface area contributed by atoms with Crippen LogP contribution in [0.3, 0.4) is 0 Å². The Balaban J connectivity index is 1.96. The number of nitrogens with one attached hydrogen (secondary N) is 2. The van der Waals surface area contributed by atoms with Crippen molar-refractivity contribution in [2.45, 2.75) is 51.4 Å². The first-order valence-electron chi connectivity index (χ1n) is 9.02. The van der Waals surface area contributed by atoms with Crippen molar-refractivity contribution in [3.8, 4) is 0 Å². The first-order chi connectivity index (χ1) is 12.6. The van der Waals surface area contributed by atoms with Gasteiger partial charge in [0.05, 0.1) is 11.2 Å². The molecule has 0 unspecified atom stereocenters. The summed E-state index contributed by atoms with van der Waals surface area (Å²) in [6.07, 6.45) is 0. The Morgan fingerprint density at radius 3 is 2.07 bits per heavy atom. The van der Waals surface area contributed by atoms with Crippen molar-refractivity contribution in [2.24, 2.45) is 0 Å². The lowest BCUT2D eigenvalue weighted by atomic mass is 9.84. The summed E-state index contributed by atoms with van der Waals surface area (Å²) >= 11 is 0. The van der Waals surface area contributed by atoms with Crippen LogP contribution in [-0.2, 0) is 32.5 Å². The monoisotopic (exact) mass is 388 g/mol. The van der Waals surface area contributed by atoms with Crippen LogP contribution in [0.1, 0.15) is 44.4 Å². The van der Waals surface area contributed by atoms with Gasteiger partial charge in [0.25, 0.3) is 0 Å². The molecule has 0 radical (unpaired) electrons. The van der Waals surface area contributed by atoms with E-state index in [4.69, 9.17) is 0 Å². The van der Waals surface area contributed by atoms with Crippen LogP contribution in [0.15, 0.2) is 54.6 Å². The van der Waals surface area contributed by atoms with E-state index in [2.05, 4.69) is 10.0 Å². The fraction of sp³-hybridized carbons (Fsp3) is 0.381. The van der Waals surface area contributed by atoms with Crippen molar-refractivity contribution in [3.05, 3.63) is 71.3 Å². The van der Waals surface area contributed by atoms with Gasteiger partial charge in [0, 0.05) is 12.6 Å². The van der Waals surface area contributed by atoms with Crippen molar-refractivity contribution >= 4 is 15.9 Å². The molecule has 1 amide bonds. The predicted molar refractivity (Wildman–Crippen MR) is 109 cm³/mol. The van der Waals surface area contributed by atoms with Gasteiger partial charge in [-0.15, -0.1) is 0 Å². The number of sulfonamides is 1. The summed E-state index contributed by atoms with van der Waals surface area (Å²) in [6, 6.07) is 16.8. The molecule has 2 aromatic rings. The highest BCUT2D eigenvalue weighted by Gasteiger charge is 2.29. The molecule has 0 spiro atoms. The fourth-order valence-electron chi connectivity index (χ4n) is 2.76. The van der Waals surface area contributed by atoms with Crippen molar-refractivity contribution < 1.29 is 13.2 Å². The summed E-state index contributed by atoms with van der Waals surface area (Å²) in [5, 5.41) is 2.96. The molecule has 0 aliphatic rings. The Bertz CT molecular complexity index is 858. The second-order valence-electron chi connectivity index (χ2n) is 7.52. The third-order valence-electron chi connectivity index (χ3n) is 4.31. The quantitative estimate of drug-likeness (QED) is 0.730. The molecular formula is C21H28N2O3S. The lowest BCUT2D eigenvalue weighted by Crippen LogP contribution is -2.39. The van der Waals surface area contributed by atoms with Crippen LogP contribution < -0.4 is 10.0 Å². The molecule has 0 aromatic heterocycles. The molecular weight excluding hydrogens is 360 g/mol. The summed E-state index contributed by atoms with van der Waals surface area (Å²) in [7, 11) is -3.34. The minimum absolute atomic E-state index is 0.0542. The molecule has 0 saturated heterocycles. The highest BCUT2D eigenvalue weighted by Crippen LogP contribution is 2.23. The Hall–Kier alpha value is -2.18. The highest BCUT2D eigenvalue weighted by molar-refractivity contribution is 7.88. The van der Waals surface area contributed by atoms with Crippen molar-refractivity contribution in [3.63, 3.8) is 0 Å². The Morgan fingerprint density at radius 1 is 0.963 bits per heavy atom. The van der Waals surface area contributed by atoms with Gasteiger partial charge in [-0.05, 0) is 44.4 Å². The number of amides is 1. The molecule has 6 heteroatoms. The van der Waals surface area contributed by atoms with E-state index in [1.165, 1.54) is 0 Å². The third-order valence-corrected chi connectivity index (χ3v) is 5.86. The number of benzene rings is 2. The van der Waals surface area contributed by atoms with E-state index >= 15 is 0 Å². The predicted octanol–water partition coefficient (Wildman–Crippen LogP) is 3.11. The Morgan fingerprint density at radius 2 is 1.52 bits per heavy atom. The number of rotatable bonds is 8. The lowest BCUT2D eigenvalue weighted by molar-refractivity contribution is -0.125. The zero-order chi connectivity index (χ0) is 20.1. The van der Waals surface area contributed by atoms with Gasteiger partial charge in [-0.2, -0.15) is 0 Å². The summed E-state index contributed by atoms with van der Waals surface area (Å²) in [5.41, 5.74) is 1.96. The maximum absolute atomic E-state index is 12.6. The minimum atomic E-state index is -3.34. The lowest BCUT2D eigenvalue weighted by Gasteiger charge is -2.24. The molecule has 5 nitrogen and oxygen atoms in total. The van der Waals surface area contributed by atoms with Crippen LogP contribution >= 0.6 is 0 Å². The van der Waals surface area contributed by atoms with Gasteiger partial charge >= 0.3 is 0 Å². The van der Waals surface area contributed by atoms with Gasteiger partial charge in [0.15, 0.2) is 0 Å². The van der Waals surface area contributed by atoms with E-state index in [0.29, 0.717) is 12.1 Å². The number of hydrogen-bond acceptors (Lipinski definition) is 3. The summed E-state index contributed by atoms with van der Waals surface area (Å²) in [6.45, 7) is 7.77. The molecule has 0 heterocycles. The van der Waals surface area contributed by atoms with E-state index in [1.54, 1.807) is 26.0 Å². The summed E-state index contributed by atoms with van der Waals surface area (Å²) in [5.74, 6) is -0.111. The van der Waals surface area contributed by atoms with Crippen LogP contribution in [-0.4, -0.2) is 20.4 Å². The van der Waals surface area contributed by atoms with E-state index in [1.807, 2.05) is 56.3 Å². The average molecular weight is 389 g/mol. The molecule has 2 aromatic carbocycles.